The number of nitrogens with one attached hydrogen (secondary N) is 1. The van der Waals surface area contributed by atoms with E-state index in [-0.39, 0.29) is 5.84 Å². The molecule has 3 nitrogen and oxygen atoms in total. The van der Waals surface area contributed by atoms with Gasteiger partial charge in [0.1, 0.15) is 5.84 Å². The number of nitrogen functional groups attached to an aromatic ring is 1. The van der Waals surface area contributed by atoms with E-state index in [1.807, 2.05) is 12.1 Å². The lowest BCUT2D eigenvalue weighted by molar-refractivity contribution is 0.309. The van der Waals surface area contributed by atoms with Gasteiger partial charge in [0.2, 0.25) is 0 Å². The van der Waals surface area contributed by atoms with Crippen molar-refractivity contribution in [3.8, 4) is 0 Å². The summed E-state index contributed by atoms with van der Waals surface area (Å²) < 4.78 is 0. The lowest BCUT2D eigenvalue weighted by Crippen LogP contribution is -2.36. The molecule has 2 atom stereocenters. The van der Waals surface area contributed by atoms with Crippen molar-refractivity contribution in [2.24, 2.45) is 11.7 Å². The molecular formula is C16H25N3. The summed E-state index contributed by atoms with van der Waals surface area (Å²) in [4.78, 5) is 2.39. The van der Waals surface area contributed by atoms with Gasteiger partial charge in [-0.1, -0.05) is 26.2 Å². The van der Waals surface area contributed by atoms with E-state index in [0.29, 0.717) is 6.04 Å². The van der Waals surface area contributed by atoms with Gasteiger partial charge in [0.15, 0.2) is 0 Å². The highest BCUT2D eigenvalue weighted by molar-refractivity contribution is 5.95. The minimum atomic E-state index is 0.137. The van der Waals surface area contributed by atoms with E-state index < -0.39 is 0 Å². The molecule has 2 rings (SSSR count). The van der Waals surface area contributed by atoms with Crippen molar-refractivity contribution in [3.63, 3.8) is 0 Å². The van der Waals surface area contributed by atoms with Crippen molar-refractivity contribution in [2.45, 2.75) is 45.1 Å². The van der Waals surface area contributed by atoms with E-state index in [9.17, 15) is 0 Å². The van der Waals surface area contributed by atoms with Crippen LogP contribution in [0.4, 0.5) is 5.69 Å². The van der Waals surface area contributed by atoms with Crippen LogP contribution in [-0.2, 0) is 0 Å². The Morgan fingerprint density at radius 1 is 1.32 bits per heavy atom. The van der Waals surface area contributed by atoms with Gasteiger partial charge in [0.05, 0.1) is 0 Å². The van der Waals surface area contributed by atoms with E-state index in [4.69, 9.17) is 11.1 Å². The number of rotatable bonds is 4. The Kier molecular flexibility index (Phi) is 4.46. The van der Waals surface area contributed by atoms with E-state index >= 15 is 0 Å². The molecule has 0 bridgehead atoms. The second kappa shape index (κ2) is 6.09. The number of anilines is 1. The molecule has 0 spiro atoms. The largest absolute Gasteiger partial charge is 0.384 e. The Bertz CT molecular complexity index is 424. The minimum absolute atomic E-state index is 0.137. The predicted octanol–water partition coefficient (Wildman–Crippen LogP) is 3.38. The van der Waals surface area contributed by atoms with Crippen LogP contribution in [0.2, 0.25) is 0 Å². The van der Waals surface area contributed by atoms with Crippen molar-refractivity contribution in [1.29, 1.82) is 5.41 Å². The fraction of sp³-hybridized carbons (Fsp3) is 0.562. The molecule has 104 valence electrons. The first-order valence-corrected chi connectivity index (χ1v) is 7.29. The third-order valence-electron chi connectivity index (χ3n) is 4.47. The first kappa shape index (κ1) is 13.9. The zero-order valence-corrected chi connectivity index (χ0v) is 12.0. The summed E-state index contributed by atoms with van der Waals surface area (Å²) >= 11 is 0. The number of nitrogens with zero attached hydrogens (tertiary/aromatic N) is 1. The maximum absolute atomic E-state index is 7.42. The Morgan fingerprint density at radius 2 is 2.00 bits per heavy atom. The number of benzene rings is 1. The van der Waals surface area contributed by atoms with Gasteiger partial charge in [0, 0.05) is 24.3 Å². The SMILES string of the molecule is CCC1CCCC(N(C)c2ccc(C(=N)N)cc2)C1. The highest BCUT2D eigenvalue weighted by Gasteiger charge is 2.24. The summed E-state index contributed by atoms with van der Waals surface area (Å²) in [7, 11) is 2.19. The first-order valence-electron chi connectivity index (χ1n) is 7.29. The smallest absolute Gasteiger partial charge is 0.122 e. The van der Waals surface area contributed by atoms with Crippen LogP contribution in [0.3, 0.4) is 0 Å². The number of amidine groups is 1. The quantitative estimate of drug-likeness (QED) is 0.643. The molecule has 1 aromatic rings. The van der Waals surface area contributed by atoms with E-state index in [2.05, 4.69) is 31.0 Å². The van der Waals surface area contributed by atoms with E-state index in [0.717, 1.165) is 11.5 Å². The van der Waals surface area contributed by atoms with Gasteiger partial charge in [-0.2, -0.15) is 0 Å². The maximum Gasteiger partial charge on any atom is 0.122 e. The maximum atomic E-state index is 7.42. The van der Waals surface area contributed by atoms with Crippen LogP contribution in [0.15, 0.2) is 24.3 Å². The molecule has 0 aliphatic heterocycles. The Balaban J connectivity index is 2.06. The fourth-order valence-corrected chi connectivity index (χ4v) is 3.07. The summed E-state index contributed by atoms with van der Waals surface area (Å²) in [6.45, 7) is 2.30. The Labute approximate surface area is 116 Å². The average Bonchev–Trinajstić information content (AvgIpc) is 2.46. The first-order chi connectivity index (χ1) is 9.11. The lowest BCUT2D eigenvalue weighted by Gasteiger charge is -2.36. The molecular weight excluding hydrogens is 234 g/mol. The van der Waals surface area contributed by atoms with Crippen LogP contribution < -0.4 is 10.6 Å². The zero-order chi connectivity index (χ0) is 13.8. The monoisotopic (exact) mass is 259 g/mol. The zero-order valence-electron chi connectivity index (χ0n) is 12.0. The molecule has 0 heterocycles. The molecule has 0 aromatic heterocycles. The molecule has 0 amide bonds. The van der Waals surface area contributed by atoms with Gasteiger partial charge in [-0.15, -0.1) is 0 Å². The van der Waals surface area contributed by atoms with E-state index in [1.165, 1.54) is 37.8 Å². The van der Waals surface area contributed by atoms with Crippen molar-refractivity contribution in [2.75, 3.05) is 11.9 Å². The lowest BCUT2D eigenvalue weighted by atomic mass is 9.83. The van der Waals surface area contributed by atoms with Crippen molar-refractivity contribution >= 4 is 11.5 Å². The average molecular weight is 259 g/mol. The molecule has 2 unspecified atom stereocenters. The summed E-state index contributed by atoms with van der Waals surface area (Å²) in [5.41, 5.74) is 7.52. The van der Waals surface area contributed by atoms with Gasteiger partial charge >= 0.3 is 0 Å². The molecule has 19 heavy (non-hydrogen) atoms. The van der Waals surface area contributed by atoms with Crippen LogP contribution in [0.1, 0.15) is 44.6 Å². The Hall–Kier alpha value is -1.51. The molecule has 1 saturated carbocycles. The van der Waals surface area contributed by atoms with E-state index in [1.54, 1.807) is 0 Å². The summed E-state index contributed by atoms with van der Waals surface area (Å²) in [5, 5.41) is 7.42. The summed E-state index contributed by atoms with van der Waals surface area (Å²) in [6.07, 6.45) is 6.64. The summed E-state index contributed by atoms with van der Waals surface area (Å²) in [5.74, 6) is 1.02. The molecule has 0 saturated heterocycles. The van der Waals surface area contributed by atoms with Gasteiger partial charge in [0.25, 0.3) is 0 Å². The fourth-order valence-electron chi connectivity index (χ4n) is 3.07. The number of nitrogens with two attached hydrogens (primary N) is 1. The molecule has 3 N–H and O–H groups in total. The van der Waals surface area contributed by atoms with Crippen molar-refractivity contribution < 1.29 is 0 Å². The molecule has 1 aliphatic rings. The third kappa shape index (κ3) is 3.28. The minimum Gasteiger partial charge on any atom is -0.384 e. The molecule has 3 heteroatoms. The van der Waals surface area contributed by atoms with Crippen LogP contribution >= 0.6 is 0 Å². The van der Waals surface area contributed by atoms with Gasteiger partial charge in [-0.3, -0.25) is 5.41 Å². The molecule has 0 radical (unpaired) electrons. The Morgan fingerprint density at radius 3 is 2.58 bits per heavy atom. The molecule has 1 fully saturated rings. The standard InChI is InChI=1S/C16H25N3/c1-3-12-5-4-6-15(11-12)19(2)14-9-7-13(8-10-14)16(17)18/h7-10,12,15H,3-6,11H2,1-2H3,(H3,17,18). The van der Waals surface area contributed by atoms with Gasteiger partial charge in [-0.05, 0) is 43.0 Å². The van der Waals surface area contributed by atoms with Crippen LogP contribution in [0.25, 0.3) is 0 Å². The number of hydrogen-bond acceptors (Lipinski definition) is 2. The van der Waals surface area contributed by atoms with Crippen molar-refractivity contribution in [1.82, 2.24) is 0 Å². The predicted molar refractivity (Wildman–Crippen MR) is 81.9 cm³/mol. The van der Waals surface area contributed by atoms with Gasteiger partial charge in [-0.25, -0.2) is 0 Å². The second-order valence-corrected chi connectivity index (χ2v) is 5.67. The van der Waals surface area contributed by atoms with Crippen LogP contribution in [0, 0.1) is 11.3 Å². The highest BCUT2D eigenvalue weighted by atomic mass is 15.1. The normalized spacial score (nSPS) is 23.1. The highest BCUT2D eigenvalue weighted by Crippen LogP contribution is 2.31. The second-order valence-electron chi connectivity index (χ2n) is 5.67. The number of hydrogen-bond donors (Lipinski definition) is 2. The van der Waals surface area contributed by atoms with Crippen molar-refractivity contribution in [3.05, 3.63) is 29.8 Å². The molecule has 1 aromatic carbocycles. The topological polar surface area (TPSA) is 53.1 Å². The van der Waals surface area contributed by atoms with Crippen LogP contribution in [-0.4, -0.2) is 18.9 Å². The van der Waals surface area contributed by atoms with Gasteiger partial charge < -0.3 is 10.6 Å². The summed E-state index contributed by atoms with van der Waals surface area (Å²) in [6, 6.07) is 8.68. The molecule has 1 aliphatic carbocycles. The third-order valence-corrected chi connectivity index (χ3v) is 4.47. The van der Waals surface area contributed by atoms with Crippen LogP contribution in [0.5, 0.6) is 0 Å².